The molecule has 0 aliphatic carbocycles. The number of esters is 1. The number of rotatable bonds is 4. The lowest BCUT2D eigenvalue weighted by Crippen LogP contribution is -2.14. The van der Waals surface area contributed by atoms with Crippen molar-refractivity contribution in [3.63, 3.8) is 0 Å². The van der Waals surface area contributed by atoms with E-state index in [2.05, 4.69) is 4.98 Å². The molecule has 5 nitrogen and oxygen atoms in total. The van der Waals surface area contributed by atoms with Crippen LogP contribution in [0.3, 0.4) is 0 Å². The summed E-state index contributed by atoms with van der Waals surface area (Å²) >= 11 is 1.41. The number of aromatic nitrogens is 2. The molecule has 0 saturated heterocycles. The van der Waals surface area contributed by atoms with Crippen LogP contribution in [0.25, 0.3) is 4.96 Å². The quantitative estimate of drug-likeness (QED) is 0.642. The molecule has 20 heavy (non-hydrogen) atoms. The highest BCUT2D eigenvalue weighted by Gasteiger charge is 2.25. The van der Waals surface area contributed by atoms with Crippen molar-refractivity contribution >= 4 is 28.6 Å². The van der Waals surface area contributed by atoms with Gasteiger partial charge < -0.3 is 4.74 Å². The van der Waals surface area contributed by atoms with Gasteiger partial charge in [0.2, 0.25) is 0 Å². The zero-order valence-corrected chi connectivity index (χ0v) is 12.9. The first-order chi connectivity index (χ1) is 9.36. The number of aldehydes is 1. The van der Waals surface area contributed by atoms with E-state index in [9.17, 15) is 9.59 Å². The molecular weight excluding hydrogens is 276 g/mol. The molecule has 0 saturated carbocycles. The summed E-state index contributed by atoms with van der Waals surface area (Å²) in [6.45, 7) is 8.21. The van der Waals surface area contributed by atoms with Crippen LogP contribution in [-0.2, 0) is 21.4 Å². The van der Waals surface area contributed by atoms with E-state index in [0.29, 0.717) is 12.3 Å². The molecule has 2 aromatic heterocycles. The number of fused-ring (bicyclic) bond motifs is 1. The van der Waals surface area contributed by atoms with Crippen LogP contribution < -0.4 is 0 Å². The van der Waals surface area contributed by atoms with Crippen LogP contribution in [0.2, 0.25) is 0 Å². The van der Waals surface area contributed by atoms with Gasteiger partial charge in [-0.25, -0.2) is 4.98 Å². The molecule has 0 aliphatic heterocycles. The van der Waals surface area contributed by atoms with E-state index >= 15 is 0 Å². The number of imidazole rings is 1. The molecule has 0 unspecified atom stereocenters. The normalized spacial score (nSPS) is 11.8. The van der Waals surface area contributed by atoms with Gasteiger partial charge in [0.25, 0.3) is 0 Å². The third kappa shape index (κ3) is 2.75. The fraction of sp³-hybridized carbons (Fsp3) is 0.500. The molecular formula is C14H18N2O3S. The zero-order valence-electron chi connectivity index (χ0n) is 12.1. The zero-order chi connectivity index (χ0) is 14.9. The molecule has 0 spiro atoms. The number of carbonyl (C=O) groups is 2. The van der Waals surface area contributed by atoms with Crippen molar-refractivity contribution in [1.82, 2.24) is 9.38 Å². The summed E-state index contributed by atoms with van der Waals surface area (Å²) in [5.41, 5.74) is 1.14. The second-order valence-electron chi connectivity index (χ2n) is 5.55. The Balaban J connectivity index is 2.39. The molecule has 0 amide bonds. The highest BCUT2D eigenvalue weighted by atomic mass is 32.1. The minimum atomic E-state index is -0.263. The second-order valence-corrected chi connectivity index (χ2v) is 6.64. The molecule has 0 aliphatic rings. The monoisotopic (exact) mass is 294 g/mol. The van der Waals surface area contributed by atoms with E-state index in [-0.39, 0.29) is 17.8 Å². The Hall–Kier alpha value is -1.69. The summed E-state index contributed by atoms with van der Waals surface area (Å²) in [5, 5.41) is 0. The van der Waals surface area contributed by atoms with Gasteiger partial charge in [0, 0.05) is 16.5 Å². The maximum absolute atomic E-state index is 11.5. The molecule has 0 N–H and O–H groups in total. The molecule has 6 heteroatoms. The number of thiazole rings is 1. The van der Waals surface area contributed by atoms with E-state index in [1.807, 2.05) is 20.8 Å². The number of hydrogen-bond acceptors (Lipinski definition) is 5. The molecule has 0 radical (unpaired) electrons. The van der Waals surface area contributed by atoms with Crippen LogP contribution in [0.4, 0.5) is 0 Å². The summed E-state index contributed by atoms with van der Waals surface area (Å²) in [6, 6.07) is 0. The van der Waals surface area contributed by atoms with Gasteiger partial charge in [-0.1, -0.05) is 20.8 Å². The smallest absolute Gasteiger partial charge is 0.311 e. The summed E-state index contributed by atoms with van der Waals surface area (Å²) in [4.78, 5) is 28.9. The van der Waals surface area contributed by atoms with E-state index < -0.39 is 0 Å². The van der Waals surface area contributed by atoms with Gasteiger partial charge in [-0.05, 0) is 6.92 Å². The average Bonchev–Trinajstić information content (AvgIpc) is 2.84. The van der Waals surface area contributed by atoms with Crippen molar-refractivity contribution in [2.24, 2.45) is 0 Å². The second kappa shape index (κ2) is 5.36. The van der Waals surface area contributed by atoms with Crippen LogP contribution in [0.1, 0.15) is 48.8 Å². The van der Waals surface area contributed by atoms with Crippen LogP contribution >= 0.6 is 11.3 Å². The molecule has 108 valence electrons. The van der Waals surface area contributed by atoms with Crippen molar-refractivity contribution in [3.8, 4) is 0 Å². The van der Waals surface area contributed by atoms with Gasteiger partial charge in [-0.15, -0.1) is 11.3 Å². The van der Waals surface area contributed by atoms with Gasteiger partial charge in [-0.3, -0.25) is 14.0 Å². The highest BCUT2D eigenvalue weighted by Crippen LogP contribution is 2.28. The summed E-state index contributed by atoms with van der Waals surface area (Å²) < 4.78 is 6.68. The largest absolute Gasteiger partial charge is 0.466 e. The third-order valence-corrected chi connectivity index (χ3v) is 3.84. The van der Waals surface area contributed by atoms with Crippen molar-refractivity contribution in [2.45, 2.75) is 39.5 Å². The Morgan fingerprint density at radius 3 is 2.75 bits per heavy atom. The molecule has 0 aromatic carbocycles. The molecule has 0 bridgehead atoms. The molecule has 2 aromatic rings. The Kier molecular flexibility index (Phi) is 3.94. The molecule has 0 atom stereocenters. The van der Waals surface area contributed by atoms with Crippen molar-refractivity contribution in [3.05, 3.63) is 22.5 Å². The Labute approximate surface area is 121 Å². The topological polar surface area (TPSA) is 60.7 Å². The van der Waals surface area contributed by atoms with Gasteiger partial charge in [-0.2, -0.15) is 0 Å². The summed E-state index contributed by atoms with van der Waals surface area (Å²) in [5.74, 6) is -0.263. The minimum Gasteiger partial charge on any atom is -0.466 e. The van der Waals surface area contributed by atoms with Gasteiger partial charge >= 0.3 is 5.97 Å². The maximum atomic E-state index is 11.5. The first-order valence-electron chi connectivity index (χ1n) is 6.49. The molecule has 0 fully saturated rings. The standard InChI is InChI=1S/C14H18N2O3S/c1-5-19-11(18)6-9-7-16-10(8-17)12(14(2,3)4)15-13(16)20-9/h7-8H,5-6H2,1-4H3. The molecule has 2 heterocycles. The Morgan fingerprint density at radius 1 is 1.50 bits per heavy atom. The first-order valence-corrected chi connectivity index (χ1v) is 7.30. The Morgan fingerprint density at radius 2 is 2.20 bits per heavy atom. The molecule has 2 rings (SSSR count). The average molecular weight is 294 g/mol. The van der Waals surface area contributed by atoms with Crippen LogP contribution in [0.5, 0.6) is 0 Å². The Bertz CT molecular complexity index is 649. The van der Waals surface area contributed by atoms with E-state index in [1.54, 1.807) is 17.5 Å². The van der Waals surface area contributed by atoms with Crippen LogP contribution in [0, 0.1) is 0 Å². The first kappa shape index (κ1) is 14.7. The lowest BCUT2D eigenvalue weighted by Gasteiger charge is -2.15. The van der Waals surface area contributed by atoms with Gasteiger partial charge in [0.05, 0.1) is 18.7 Å². The predicted octanol–water partition coefficient (Wildman–Crippen LogP) is 2.61. The fourth-order valence-electron chi connectivity index (χ4n) is 2.01. The van der Waals surface area contributed by atoms with Crippen LogP contribution in [-0.4, -0.2) is 28.2 Å². The van der Waals surface area contributed by atoms with E-state index in [1.165, 1.54) is 11.3 Å². The number of carbonyl (C=O) groups excluding carboxylic acids is 2. The third-order valence-electron chi connectivity index (χ3n) is 2.86. The minimum absolute atomic E-state index is 0.191. The summed E-state index contributed by atoms with van der Waals surface area (Å²) in [7, 11) is 0. The van der Waals surface area contributed by atoms with E-state index in [0.717, 1.165) is 21.8 Å². The maximum Gasteiger partial charge on any atom is 0.311 e. The summed E-state index contributed by atoms with van der Waals surface area (Å²) in [6.07, 6.45) is 2.83. The highest BCUT2D eigenvalue weighted by molar-refractivity contribution is 7.17. The van der Waals surface area contributed by atoms with Crippen molar-refractivity contribution < 1.29 is 14.3 Å². The van der Waals surface area contributed by atoms with Gasteiger partial charge in [0.1, 0.15) is 5.69 Å². The van der Waals surface area contributed by atoms with Gasteiger partial charge in [0.15, 0.2) is 11.2 Å². The number of ether oxygens (including phenoxy) is 1. The van der Waals surface area contributed by atoms with Crippen LogP contribution in [0.15, 0.2) is 6.20 Å². The lowest BCUT2D eigenvalue weighted by molar-refractivity contribution is -0.142. The predicted molar refractivity (Wildman–Crippen MR) is 77.5 cm³/mol. The number of nitrogens with zero attached hydrogens (tertiary/aromatic N) is 2. The van der Waals surface area contributed by atoms with Crippen molar-refractivity contribution in [1.29, 1.82) is 0 Å². The van der Waals surface area contributed by atoms with E-state index in [4.69, 9.17) is 4.74 Å². The lowest BCUT2D eigenvalue weighted by atomic mass is 9.91. The SMILES string of the molecule is CCOC(=O)Cc1cn2c(C=O)c(C(C)(C)C)nc2s1. The fourth-order valence-corrected chi connectivity index (χ4v) is 2.98. The van der Waals surface area contributed by atoms with Crippen molar-refractivity contribution in [2.75, 3.05) is 6.61 Å². The number of hydrogen-bond donors (Lipinski definition) is 0.